The number of carbonyl (C=O) groups is 2. The second-order valence-electron chi connectivity index (χ2n) is 6.25. The van der Waals surface area contributed by atoms with E-state index in [9.17, 15) is 14.7 Å². The molecule has 2 fully saturated rings. The molecule has 0 radical (unpaired) electrons. The van der Waals surface area contributed by atoms with E-state index >= 15 is 0 Å². The molecule has 0 bridgehead atoms. The summed E-state index contributed by atoms with van der Waals surface area (Å²) in [6, 6.07) is 3.50. The minimum Gasteiger partial charge on any atom is -0.480 e. The predicted octanol–water partition coefficient (Wildman–Crippen LogP) is 2.34. The Balaban J connectivity index is 1.98. The zero-order valence-corrected chi connectivity index (χ0v) is 14.7. The van der Waals surface area contributed by atoms with Crippen molar-refractivity contribution in [1.29, 1.82) is 0 Å². The van der Waals surface area contributed by atoms with Crippen LogP contribution in [0.1, 0.15) is 23.2 Å². The lowest BCUT2D eigenvalue weighted by atomic mass is 9.97. The fourth-order valence-corrected chi connectivity index (χ4v) is 3.87. The van der Waals surface area contributed by atoms with Crippen LogP contribution in [-0.2, 0) is 9.53 Å². The standard InChI is InChI=1S/C16H18Cl2N2O4/c1-19-4-2-16(3-5-19)20(13(9-24-16)15(22)23)14(21)10-6-11(17)8-12(18)7-10/h6-8,13H,2-5,9H2,1H3,(H,22,23). The summed E-state index contributed by atoms with van der Waals surface area (Å²) in [6.45, 7) is 1.44. The van der Waals surface area contributed by atoms with Gasteiger partial charge in [-0.15, -0.1) is 0 Å². The molecule has 0 aromatic heterocycles. The Morgan fingerprint density at radius 1 is 1.21 bits per heavy atom. The molecule has 1 aromatic carbocycles. The largest absolute Gasteiger partial charge is 0.480 e. The van der Waals surface area contributed by atoms with Gasteiger partial charge < -0.3 is 14.7 Å². The summed E-state index contributed by atoms with van der Waals surface area (Å²) in [5.74, 6) is -1.50. The molecule has 24 heavy (non-hydrogen) atoms. The number of amides is 1. The average Bonchev–Trinajstić information content (AvgIpc) is 2.88. The Morgan fingerprint density at radius 3 is 2.33 bits per heavy atom. The van der Waals surface area contributed by atoms with Gasteiger partial charge in [-0.2, -0.15) is 0 Å². The zero-order valence-electron chi connectivity index (χ0n) is 13.2. The molecular formula is C16H18Cl2N2O4. The molecule has 3 rings (SSSR count). The highest BCUT2D eigenvalue weighted by atomic mass is 35.5. The first-order chi connectivity index (χ1) is 11.3. The van der Waals surface area contributed by atoms with Crippen molar-refractivity contribution in [3.05, 3.63) is 33.8 Å². The zero-order chi connectivity index (χ0) is 17.5. The third-order valence-electron chi connectivity index (χ3n) is 4.64. The van der Waals surface area contributed by atoms with Crippen molar-refractivity contribution in [2.75, 3.05) is 26.7 Å². The molecule has 2 saturated heterocycles. The number of aliphatic carboxylic acids is 1. The minimum atomic E-state index is -1.08. The molecule has 1 aromatic rings. The number of ether oxygens (including phenoxy) is 1. The third-order valence-corrected chi connectivity index (χ3v) is 5.08. The van der Waals surface area contributed by atoms with Gasteiger partial charge >= 0.3 is 5.97 Å². The van der Waals surface area contributed by atoms with Crippen LogP contribution < -0.4 is 0 Å². The Morgan fingerprint density at radius 2 is 1.79 bits per heavy atom. The fourth-order valence-electron chi connectivity index (χ4n) is 3.34. The molecule has 6 nitrogen and oxygen atoms in total. The number of benzene rings is 1. The van der Waals surface area contributed by atoms with Crippen molar-refractivity contribution >= 4 is 35.1 Å². The molecule has 1 amide bonds. The predicted molar refractivity (Wildman–Crippen MR) is 89.5 cm³/mol. The van der Waals surface area contributed by atoms with Gasteiger partial charge in [0.05, 0.1) is 6.61 Å². The summed E-state index contributed by atoms with van der Waals surface area (Å²) >= 11 is 12.0. The maximum Gasteiger partial charge on any atom is 0.328 e. The van der Waals surface area contributed by atoms with Crippen molar-refractivity contribution in [2.45, 2.75) is 24.6 Å². The minimum absolute atomic E-state index is 0.0148. The topological polar surface area (TPSA) is 70.1 Å². The molecule has 2 heterocycles. The normalized spacial score (nSPS) is 23.6. The molecule has 130 valence electrons. The van der Waals surface area contributed by atoms with E-state index in [0.29, 0.717) is 22.9 Å². The van der Waals surface area contributed by atoms with Gasteiger partial charge in [0.25, 0.3) is 5.91 Å². The van der Waals surface area contributed by atoms with Crippen LogP contribution in [-0.4, -0.2) is 65.3 Å². The highest BCUT2D eigenvalue weighted by molar-refractivity contribution is 6.35. The quantitative estimate of drug-likeness (QED) is 0.862. The van der Waals surface area contributed by atoms with E-state index in [-0.39, 0.29) is 12.2 Å². The number of rotatable bonds is 2. The van der Waals surface area contributed by atoms with Gasteiger partial charge in [0, 0.05) is 41.5 Å². The maximum absolute atomic E-state index is 13.1. The van der Waals surface area contributed by atoms with Gasteiger partial charge in [-0.05, 0) is 25.2 Å². The molecule has 1 N–H and O–H groups in total. The molecule has 1 spiro atoms. The Hall–Kier alpha value is -1.34. The SMILES string of the molecule is CN1CCC2(CC1)OCC(C(=O)O)N2C(=O)c1cc(Cl)cc(Cl)c1. The molecule has 2 aliphatic rings. The van der Waals surface area contributed by atoms with E-state index < -0.39 is 23.6 Å². The van der Waals surface area contributed by atoms with Gasteiger partial charge in [0.15, 0.2) is 6.04 Å². The van der Waals surface area contributed by atoms with Crippen LogP contribution in [0.15, 0.2) is 18.2 Å². The summed E-state index contributed by atoms with van der Waals surface area (Å²) in [7, 11) is 1.99. The lowest BCUT2D eigenvalue weighted by Gasteiger charge is -2.43. The maximum atomic E-state index is 13.1. The number of carbonyl (C=O) groups excluding carboxylic acids is 1. The summed E-state index contributed by atoms with van der Waals surface area (Å²) in [5.41, 5.74) is -0.621. The fraction of sp³-hybridized carbons (Fsp3) is 0.500. The van der Waals surface area contributed by atoms with Crippen molar-refractivity contribution in [2.24, 2.45) is 0 Å². The third kappa shape index (κ3) is 3.11. The van der Waals surface area contributed by atoms with E-state index in [1.165, 1.54) is 23.1 Å². The van der Waals surface area contributed by atoms with E-state index in [4.69, 9.17) is 27.9 Å². The first kappa shape index (κ1) is 17.5. The number of hydrogen-bond acceptors (Lipinski definition) is 4. The van der Waals surface area contributed by atoms with E-state index in [1.54, 1.807) is 0 Å². The summed E-state index contributed by atoms with van der Waals surface area (Å²) in [5, 5.41) is 10.2. The van der Waals surface area contributed by atoms with E-state index in [2.05, 4.69) is 4.90 Å². The molecule has 0 aliphatic carbocycles. The van der Waals surface area contributed by atoms with Gasteiger partial charge in [-0.1, -0.05) is 23.2 Å². The second-order valence-corrected chi connectivity index (χ2v) is 7.12. The van der Waals surface area contributed by atoms with Crippen molar-refractivity contribution in [3.8, 4) is 0 Å². The van der Waals surface area contributed by atoms with Crippen LogP contribution in [0, 0.1) is 0 Å². The van der Waals surface area contributed by atoms with Crippen LogP contribution in [0.5, 0.6) is 0 Å². The number of halogens is 2. The lowest BCUT2D eigenvalue weighted by Crippen LogP contribution is -2.57. The number of nitrogens with zero attached hydrogens (tertiary/aromatic N) is 2. The summed E-state index contributed by atoms with van der Waals surface area (Å²) < 4.78 is 5.85. The smallest absolute Gasteiger partial charge is 0.328 e. The Kier molecular flexibility index (Phi) is 4.75. The monoisotopic (exact) mass is 372 g/mol. The number of carboxylic acids is 1. The van der Waals surface area contributed by atoms with Gasteiger partial charge in [-0.25, -0.2) is 4.79 Å². The van der Waals surface area contributed by atoms with Gasteiger partial charge in [0.1, 0.15) is 5.72 Å². The average molecular weight is 373 g/mol. The van der Waals surface area contributed by atoms with Crippen LogP contribution in [0.25, 0.3) is 0 Å². The number of hydrogen-bond donors (Lipinski definition) is 1. The van der Waals surface area contributed by atoms with Crippen molar-refractivity contribution in [1.82, 2.24) is 9.80 Å². The highest BCUT2D eigenvalue weighted by Gasteiger charge is 2.53. The number of likely N-dealkylation sites (tertiary alicyclic amines) is 1. The molecule has 2 aliphatic heterocycles. The van der Waals surface area contributed by atoms with Gasteiger partial charge in [-0.3, -0.25) is 9.69 Å². The number of piperidine rings is 1. The van der Waals surface area contributed by atoms with Gasteiger partial charge in [0.2, 0.25) is 0 Å². The molecule has 1 atom stereocenters. The van der Waals surface area contributed by atoms with Crippen LogP contribution in [0.3, 0.4) is 0 Å². The number of carboxylic acid groups (broad SMARTS) is 1. The molecule has 8 heteroatoms. The van der Waals surface area contributed by atoms with E-state index in [0.717, 1.165) is 13.1 Å². The summed E-state index contributed by atoms with van der Waals surface area (Å²) in [4.78, 5) is 28.2. The Bertz CT molecular complexity index is 654. The van der Waals surface area contributed by atoms with Crippen LogP contribution in [0.4, 0.5) is 0 Å². The molecular weight excluding hydrogens is 355 g/mol. The van der Waals surface area contributed by atoms with E-state index in [1.807, 2.05) is 7.05 Å². The molecule has 0 saturated carbocycles. The first-order valence-electron chi connectivity index (χ1n) is 7.67. The van der Waals surface area contributed by atoms with Crippen molar-refractivity contribution in [3.63, 3.8) is 0 Å². The second kappa shape index (κ2) is 6.52. The van der Waals surface area contributed by atoms with Crippen LogP contribution in [0.2, 0.25) is 10.0 Å². The van der Waals surface area contributed by atoms with Crippen LogP contribution >= 0.6 is 23.2 Å². The van der Waals surface area contributed by atoms with Crippen molar-refractivity contribution < 1.29 is 19.4 Å². The Labute approximate surface area is 149 Å². The highest BCUT2D eigenvalue weighted by Crippen LogP contribution is 2.38. The lowest BCUT2D eigenvalue weighted by molar-refractivity contribution is -0.143. The summed E-state index contributed by atoms with van der Waals surface area (Å²) in [6.07, 6.45) is 1.13. The molecule has 1 unspecified atom stereocenters. The first-order valence-corrected chi connectivity index (χ1v) is 8.43.